The third kappa shape index (κ3) is 8.08. The first-order chi connectivity index (χ1) is 14.8. The molecule has 0 aliphatic heterocycles. The minimum absolute atomic E-state index is 0.0384. The molecule has 0 aliphatic rings. The fraction of sp³-hybridized carbons (Fsp3) is 0.308. The molecule has 0 radical (unpaired) electrons. The zero-order valence-corrected chi connectivity index (χ0v) is 17.4. The molecule has 0 saturated carbocycles. The van der Waals surface area contributed by atoms with Crippen molar-refractivity contribution in [2.75, 3.05) is 6.61 Å². The van der Waals surface area contributed by atoms with Gasteiger partial charge in [-0.1, -0.05) is 48.5 Å². The Morgan fingerprint density at radius 1 is 0.800 bits per heavy atom. The second-order valence-electron chi connectivity index (χ2n) is 7.39. The average molecular weight is 403 g/mol. The van der Waals surface area contributed by atoms with Gasteiger partial charge < -0.3 is 10.1 Å². The number of rotatable bonds is 12. The van der Waals surface area contributed by atoms with E-state index in [-0.39, 0.29) is 5.91 Å². The van der Waals surface area contributed by atoms with E-state index < -0.39 is 0 Å². The largest absolute Gasteiger partial charge is 0.494 e. The Morgan fingerprint density at radius 2 is 1.57 bits per heavy atom. The van der Waals surface area contributed by atoms with Crippen LogP contribution in [0.1, 0.15) is 42.5 Å². The van der Waals surface area contributed by atoms with Gasteiger partial charge in [-0.05, 0) is 67.5 Å². The lowest BCUT2D eigenvalue weighted by Crippen LogP contribution is -2.23. The average Bonchev–Trinajstić information content (AvgIpc) is 2.80. The van der Waals surface area contributed by atoms with Gasteiger partial charge in [0.05, 0.1) is 18.8 Å². The molecular weight excluding hydrogens is 372 g/mol. The summed E-state index contributed by atoms with van der Waals surface area (Å²) in [7, 11) is 0. The van der Waals surface area contributed by atoms with E-state index >= 15 is 0 Å². The summed E-state index contributed by atoms with van der Waals surface area (Å²) in [5.41, 5.74) is 3.41. The van der Waals surface area contributed by atoms with Gasteiger partial charge in [-0.3, -0.25) is 9.78 Å². The lowest BCUT2D eigenvalue weighted by molar-refractivity contribution is -0.121. The molecule has 0 atom stereocenters. The molecule has 1 amide bonds. The summed E-state index contributed by atoms with van der Waals surface area (Å²) < 4.78 is 5.84. The Kier molecular flexibility index (Phi) is 8.93. The highest BCUT2D eigenvalue weighted by Crippen LogP contribution is 2.14. The predicted molar refractivity (Wildman–Crippen MR) is 120 cm³/mol. The minimum atomic E-state index is 0.0384. The van der Waals surface area contributed by atoms with Crippen LogP contribution in [0.2, 0.25) is 0 Å². The van der Waals surface area contributed by atoms with Gasteiger partial charge in [-0.15, -0.1) is 0 Å². The number of carbonyl (C=O) groups is 1. The molecule has 1 aromatic heterocycles. The summed E-state index contributed by atoms with van der Waals surface area (Å²) in [5.74, 6) is 0.929. The van der Waals surface area contributed by atoms with Crippen LogP contribution in [0.15, 0.2) is 79.0 Å². The lowest BCUT2D eigenvalue weighted by atomic mass is 10.1. The molecule has 156 valence electrons. The number of pyridine rings is 1. The number of ether oxygens (including phenoxy) is 1. The molecule has 0 bridgehead atoms. The van der Waals surface area contributed by atoms with Crippen LogP contribution < -0.4 is 10.1 Å². The topological polar surface area (TPSA) is 51.2 Å². The van der Waals surface area contributed by atoms with Crippen molar-refractivity contribution in [3.63, 3.8) is 0 Å². The van der Waals surface area contributed by atoms with Crippen molar-refractivity contribution in [1.82, 2.24) is 10.3 Å². The highest BCUT2D eigenvalue weighted by molar-refractivity contribution is 5.76. The molecule has 4 heteroatoms. The number of hydrogen-bond donors (Lipinski definition) is 1. The molecule has 0 saturated heterocycles. The predicted octanol–water partition coefficient (Wildman–Crippen LogP) is 5.12. The maximum atomic E-state index is 12.0. The van der Waals surface area contributed by atoms with Gasteiger partial charge in [-0.25, -0.2) is 0 Å². The van der Waals surface area contributed by atoms with Crippen LogP contribution in [0.4, 0.5) is 0 Å². The van der Waals surface area contributed by atoms with Crippen molar-refractivity contribution in [3.05, 3.63) is 95.8 Å². The summed E-state index contributed by atoms with van der Waals surface area (Å²) in [5, 5.41) is 2.91. The Morgan fingerprint density at radius 3 is 2.33 bits per heavy atom. The van der Waals surface area contributed by atoms with Gasteiger partial charge in [0.15, 0.2) is 0 Å². The smallest absolute Gasteiger partial charge is 0.220 e. The first-order valence-corrected chi connectivity index (χ1v) is 10.7. The van der Waals surface area contributed by atoms with Gasteiger partial charge in [-0.2, -0.15) is 0 Å². The fourth-order valence-electron chi connectivity index (χ4n) is 3.23. The molecule has 1 heterocycles. The first-order valence-electron chi connectivity index (χ1n) is 10.7. The van der Waals surface area contributed by atoms with Gasteiger partial charge in [0.1, 0.15) is 5.75 Å². The fourth-order valence-corrected chi connectivity index (χ4v) is 3.23. The maximum absolute atomic E-state index is 12.0. The highest BCUT2D eigenvalue weighted by atomic mass is 16.5. The third-order valence-electron chi connectivity index (χ3n) is 4.98. The Bertz CT molecular complexity index is 865. The van der Waals surface area contributed by atoms with Gasteiger partial charge >= 0.3 is 0 Å². The number of carbonyl (C=O) groups excluding carboxylic acids is 1. The zero-order chi connectivity index (χ0) is 20.9. The van der Waals surface area contributed by atoms with Crippen molar-refractivity contribution in [1.29, 1.82) is 0 Å². The quantitative estimate of drug-likeness (QED) is 0.428. The summed E-state index contributed by atoms with van der Waals surface area (Å²) in [6.45, 7) is 1.21. The number of nitrogens with one attached hydrogen (secondary N) is 1. The molecule has 2 aromatic carbocycles. The summed E-state index contributed by atoms with van der Waals surface area (Å²) in [6, 6.07) is 24.4. The number of amides is 1. The molecule has 0 aliphatic carbocycles. The van der Waals surface area contributed by atoms with E-state index in [0.717, 1.165) is 36.5 Å². The molecular formula is C26H30N2O2. The standard InChI is InChI=1S/C26H30N2O2/c29-26(28-21-24-12-6-7-19-27-24)18-15-23-13-16-25(17-14-23)30-20-8-2-5-11-22-9-3-1-4-10-22/h1,3-4,6-7,9-10,12-14,16-17,19H,2,5,8,11,15,18,20-21H2,(H,28,29). The van der Waals surface area contributed by atoms with Gasteiger partial charge in [0, 0.05) is 12.6 Å². The number of nitrogens with zero attached hydrogens (tertiary/aromatic N) is 1. The molecule has 3 aromatic rings. The minimum Gasteiger partial charge on any atom is -0.494 e. The van der Waals surface area contributed by atoms with Crippen LogP contribution in [-0.2, 0) is 24.2 Å². The van der Waals surface area contributed by atoms with E-state index in [0.29, 0.717) is 19.4 Å². The zero-order valence-electron chi connectivity index (χ0n) is 17.4. The summed E-state index contributed by atoms with van der Waals surface area (Å²) in [6.07, 6.45) is 7.46. The molecule has 0 unspecified atom stereocenters. The second kappa shape index (κ2) is 12.4. The van der Waals surface area contributed by atoms with E-state index in [1.54, 1.807) is 6.20 Å². The number of benzene rings is 2. The van der Waals surface area contributed by atoms with Crippen molar-refractivity contribution in [2.45, 2.75) is 45.1 Å². The van der Waals surface area contributed by atoms with Crippen molar-refractivity contribution in [3.8, 4) is 5.75 Å². The SMILES string of the molecule is O=C(CCc1ccc(OCCCCCc2ccccc2)cc1)NCc1ccccn1. The molecule has 0 fully saturated rings. The number of unbranched alkanes of at least 4 members (excludes halogenated alkanes) is 2. The van der Waals surface area contributed by atoms with Gasteiger partial charge in [0.2, 0.25) is 5.91 Å². The number of hydrogen-bond acceptors (Lipinski definition) is 3. The number of aryl methyl sites for hydroxylation is 2. The van der Waals surface area contributed by atoms with Gasteiger partial charge in [0.25, 0.3) is 0 Å². The van der Waals surface area contributed by atoms with E-state index in [2.05, 4.69) is 40.6 Å². The van der Waals surface area contributed by atoms with E-state index in [9.17, 15) is 4.79 Å². The molecule has 4 nitrogen and oxygen atoms in total. The number of aromatic nitrogens is 1. The Hall–Kier alpha value is -3.14. The van der Waals surface area contributed by atoms with Crippen LogP contribution in [0.3, 0.4) is 0 Å². The lowest BCUT2D eigenvalue weighted by Gasteiger charge is -2.08. The molecule has 3 rings (SSSR count). The molecule has 1 N–H and O–H groups in total. The molecule has 30 heavy (non-hydrogen) atoms. The highest BCUT2D eigenvalue weighted by Gasteiger charge is 2.03. The second-order valence-corrected chi connectivity index (χ2v) is 7.39. The summed E-state index contributed by atoms with van der Waals surface area (Å²) >= 11 is 0. The Labute approximate surface area is 179 Å². The van der Waals surface area contributed by atoms with E-state index in [1.807, 2.05) is 42.5 Å². The van der Waals surface area contributed by atoms with Crippen LogP contribution in [0.25, 0.3) is 0 Å². The van der Waals surface area contributed by atoms with E-state index in [1.165, 1.54) is 18.4 Å². The van der Waals surface area contributed by atoms with Crippen molar-refractivity contribution in [2.24, 2.45) is 0 Å². The van der Waals surface area contributed by atoms with E-state index in [4.69, 9.17) is 4.74 Å². The third-order valence-corrected chi connectivity index (χ3v) is 4.98. The Balaban J connectivity index is 1.26. The van der Waals surface area contributed by atoms with Crippen molar-refractivity contribution >= 4 is 5.91 Å². The normalized spacial score (nSPS) is 10.5. The van der Waals surface area contributed by atoms with Crippen LogP contribution in [0, 0.1) is 0 Å². The molecule has 0 spiro atoms. The maximum Gasteiger partial charge on any atom is 0.220 e. The summed E-state index contributed by atoms with van der Waals surface area (Å²) in [4.78, 5) is 16.2. The monoisotopic (exact) mass is 402 g/mol. The van der Waals surface area contributed by atoms with Crippen LogP contribution >= 0.6 is 0 Å². The van der Waals surface area contributed by atoms with Crippen LogP contribution in [0.5, 0.6) is 5.75 Å². The first kappa shape index (κ1) is 21.6. The van der Waals surface area contributed by atoms with Crippen LogP contribution in [-0.4, -0.2) is 17.5 Å². The van der Waals surface area contributed by atoms with Crippen molar-refractivity contribution < 1.29 is 9.53 Å².